The minimum Gasteiger partial charge on any atom is -0.461 e. The predicted molar refractivity (Wildman–Crippen MR) is 112 cm³/mol. The average molecular weight is 399 g/mol. The first kappa shape index (κ1) is 19.1. The lowest BCUT2D eigenvalue weighted by Crippen LogP contribution is -2.35. The summed E-state index contributed by atoms with van der Waals surface area (Å²) in [4.78, 5) is 26.0. The van der Waals surface area contributed by atoms with Gasteiger partial charge in [-0.2, -0.15) is 0 Å². The normalized spacial score (nSPS) is 15.6. The van der Waals surface area contributed by atoms with Crippen LogP contribution in [0, 0.1) is 13.8 Å². The van der Waals surface area contributed by atoms with E-state index in [0.29, 0.717) is 18.1 Å². The van der Waals surface area contributed by atoms with E-state index in [1.54, 1.807) is 6.26 Å². The van der Waals surface area contributed by atoms with Crippen LogP contribution in [0.5, 0.6) is 0 Å². The molecular weight excluding hydrogens is 372 g/mol. The third kappa shape index (κ3) is 3.95. The van der Waals surface area contributed by atoms with Gasteiger partial charge in [-0.3, -0.25) is 4.79 Å². The molecule has 1 saturated heterocycles. The van der Waals surface area contributed by atoms with Crippen molar-refractivity contribution in [3.8, 4) is 11.6 Å². The molecule has 4 rings (SSSR count). The summed E-state index contributed by atoms with van der Waals surface area (Å²) in [6.07, 6.45) is 6.79. The van der Waals surface area contributed by atoms with E-state index in [-0.39, 0.29) is 5.91 Å². The molecule has 1 amide bonds. The molecule has 0 atom stereocenters. The number of aryl methyl sites for hydroxylation is 2. The highest BCUT2D eigenvalue weighted by Crippen LogP contribution is 2.32. The molecule has 3 aromatic heterocycles. The maximum absolute atomic E-state index is 12.8. The van der Waals surface area contributed by atoms with Gasteiger partial charge in [-0.05, 0) is 57.5 Å². The van der Waals surface area contributed by atoms with E-state index in [2.05, 4.69) is 20.2 Å². The summed E-state index contributed by atoms with van der Waals surface area (Å²) in [6.45, 7) is 7.80. The third-order valence-corrected chi connectivity index (χ3v) is 6.52. The van der Waals surface area contributed by atoms with Gasteiger partial charge in [-0.1, -0.05) is 12.8 Å². The van der Waals surface area contributed by atoms with Gasteiger partial charge < -0.3 is 14.6 Å². The topological polar surface area (TPSA) is 71.3 Å². The van der Waals surface area contributed by atoms with Crippen molar-refractivity contribution in [3.05, 3.63) is 34.5 Å². The third-order valence-electron chi connectivity index (χ3n) is 5.33. The lowest BCUT2D eigenvalue weighted by molar-refractivity contribution is 0.0952. The number of aromatic nitrogens is 2. The monoisotopic (exact) mass is 398 g/mol. The molecule has 3 aromatic rings. The molecule has 0 aliphatic carbocycles. The summed E-state index contributed by atoms with van der Waals surface area (Å²) in [6, 6.07) is 3.67. The first-order valence-corrected chi connectivity index (χ1v) is 10.8. The van der Waals surface area contributed by atoms with Gasteiger partial charge >= 0.3 is 0 Å². The number of fused-ring (bicyclic) bond motifs is 1. The van der Waals surface area contributed by atoms with Crippen molar-refractivity contribution in [1.29, 1.82) is 0 Å². The number of likely N-dealkylation sites (tertiary alicyclic amines) is 1. The summed E-state index contributed by atoms with van der Waals surface area (Å²) >= 11 is 1.43. The zero-order valence-corrected chi connectivity index (χ0v) is 17.3. The minimum absolute atomic E-state index is 0.0192. The van der Waals surface area contributed by atoms with E-state index in [0.717, 1.165) is 46.0 Å². The van der Waals surface area contributed by atoms with E-state index < -0.39 is 0 Å². The quantitative estimate of drug-likeness (QED) is 0.698. The zero-order chi connectivity index (χ0) is 19.5. The van der Waals surface area contributed by atoms with Crippen LogP contribution in [0.3, 0.4) is 0 Å². The molecule has 1 aliphatic rings. The summed E-state index contributed by atoms with van der Waals surface area (Å²) in [5.74, 6) is 1.18. The molecule has 0 saturated carbocycles. The lowest BCUT2D eigenvalue weighted by atomic mass is 10.1. The number of furan rings is 1. The maximum Gasteiger partial charge on any atom is 0.261 e. The Morgan fingerprint density at radius 2 is 2.00 bits per heavy atom. The van der Waals surface area contributed by atoms with Crippen LogP contribution < -0.4 is 5.32 Å². The second-order valence-corrected chi connectivity index (χ2v) is 8.36. The fourth-order valence-electron chi connectivity index (χ4n) is 3.84. The molecular formula is C21H26N4O2S. The Hall–Kier alpha value is -2.25. The molecule has 7 heteroatoms. The van der Waals surface area contributed by atoms with Crippen molar-refractivity contribution in [2.24, 2.45) is 0 Å². The van der Waals surface area contributed by atoms with Crippen molar-refractivity contribution in [2.75, 3.05) is 26.2 Å². The van der Waals surface area contributed by atoms with Gasteiger partial charge in [0.25, 0.3) is 5.91 Å². The molecule has 0 radical (unpaired) electrons. The summed E-state index contributed by atoms with van der Waals surface area (Å²) < 4.78 is 5.42. The Kier molecular flexibility index (Phi) is 5.73. The Morgan fingerprint density at radius 3 is 2.71 bits per heavy atom. The van der Waals surface area contributed by atoms with Crippen LogP contribution >= 0.6 is 11.3 Å². The molecule has 1 aliphatic heterocycles. The van der Waals surface area contributed by atoms with E-state index in [9.17, 15) is 4.79 Å². The Morgan fingerprint density at radius 1 is 1.21 bits per heavy atom. The first-order chi connectivity index (χ1) is 13.6. The number of rotatable bonds is 5. The number of nitrogens with one attached hydrogen (secondary N) is 1. The van der Waals surface area contributed by atoms with Crippen LogP contribution in [0.1, 0.15) is 46.6 Å². The van der Waals surface area contributed by atoms with Crippen LogP contribution in [0.2, 0.25) is 0 Å². The standard InChI is InChI=1S/C21H26N4O2S/c1-14-17-15(2)23-19(16-8-7-13-27-16)24-21(17)28-18(14)20(26)22-9-12-25-10-5-3-4-6-11-25/h7-8,13H,3-6,9-12H2,1-2H3,(H,22,26). The molecule has 0 unspecified atom stereocenters. The summed E-state index contributed by atoms with van der Waals surface area (Å²) in [5.41, 5.74) is 1.82. The van der Waals surface area contributed by atoms with Crippen LogP contribution in [0.15, 0.2) is 22.8 Å². The number of carbonyl (C=O) groups excluding carboxylic acids is 1. The molecule has 1 N–H and O–H groups in total. The number of hydrogen-bond acceptors (Lipinski definition) is 6. The molecule has 6 nitrogen and oxygen atoms in total. The van der Waals surface area contributed by atoms with Crippen LogP contribution in [-0.2, 0) is 0 Å². The second-order valence-electron chi connectivity index (χ2n) is 7.36. The number of carbonyl (C=O) groups is 1. The largest absolute Gasteiger partial charge is 0.461 e. The van der Waals surface area contributed by atoms with Crippen LogP contribution in [-0.4, -0.2) is 47.0 Å². The molecule has 0 aromatic carbocycles. The van der Waals surface area contributed by atoms with Crippen molar-refractivity contribution in [3.63, 3.8) is 0 Å². The molecule has 4 heterocycles. The first-order valence-electron chi connectivity index (χ1n) is 9.95. The number of nitrogens with zero attached hydrogens (tertiary/aromatic N) is 3. The Labute approximate surface area is 169 Å². The minimum atomic E-state index is -0.0192. The van der Waals surface area contributed by atoms with Crippen LogP contribution in [0.25, 0.3) is 21.8 Å². The Balaban J connectivity index is 1.49. The maximum atomic E-state index is 12.8. The highest BCUT2D eigenvalue weighted by molar-refractivity contribution is 7.20. The smallest absolute Gasteiger partial charge is 0.261 e. The van der Waals surface area contributed by atoms with Gasteiger partial charge in [-0.25, -0.2) is 9.97 Å². The number of hydrogen-bond donors (Lipinski definition) is 1. The van der Waals surface area contributed by atoms with Gasteiger partial charge in [0.05, 0.1) is 16.8 Å². The lowest BCUT2D eigenvalue weighted by Gasteiger charge is -2.19. The van der Waals surface area contributed by atoms with Crippen molar-refractivity contribution in [2.45, 2.75) is 39.5 Å². The van der Waals surface area contributed by atoms with Gasteiger partial charge in [-0.15, -0.1) is 11.3 Å². The van der Waals surface area contributed by atoms with Crippen molar-refractivity contribution in [1.82, 2.24) is 20.2 Å². The van der Waals surface area contributed by atoms with Crippen LogP contribution in [0.4, 0.5) is 0 Å². The van der Waals surface area contributed by atoms with Crippen molar-refractivity contribution >= 4 is 27.5 Å². The van der Waals surface area contributed by atoms with Gasteiger partial charge in [0.15, 0.2) is 11.6 Å². The Bertz CT molecular complexity index is 957. The zero-order valence-electron chi connectivity index (χ0n) is 16.5. The van der Waals surface area contributed by atoms with E-state index in [1.165, 1.54) is 37.0 Å². The highest BCUT2D eigenvalue weighted by Gasteiger charge is 2.20. The van der Waals surface area contributed by atoms with E-state index in [4.69, 9.17) is 4.42 Å². The number of amides is 1. The van der Waals surface area contributed by atoms with E-state index >= 15 is 0 Å². The van der Waals surface area contributed by atoms with E-state index in [1.807, 2.05) is 26.0 Å². The predicted octanol–water partition coefficient (Wildman–Crippen LogP) is 4.17. The fourth-order valence-corrected chi connectivity index (χ4v) is 4.99. The second kappa shape index (κ2) is 8.41. The number of thiophene rings is 1. The van der Waals surface area contributed by atoms with Gasteiger partial charge in [0.2, 0.25) is 0 Å². The van der Waals surface area contributed by atoms with Crippen molar-refractivity contribution < 1.29 is 9.21 Å². The molecule has 1 fully saturated rings. The molecule has 28 heavy (non-hydrogen) atoms. The summed E-state index contributed by atoms with van der Waals surface area (Å²) in [5, 5.41) is 4.06. The highest BCUT2D eigenvalue weighted by atomic mass is 32.1. The average Bonchev–Trinajstić information content (AvgIpc) is 3.24. The molecule has 0 spiro atoms. The van der Waals surface area contributed by atoms with Gasteiger partial charge in [0, 0.05) is 18.5 Å². The fraction of sp³-hybridized carbons (Fsp3) is 0.476. The molecule has 0 bridgehead atoms. The SMILES string of the molecule is Cc1nc(-c2ccco2)nc2sc(C(=O)NCCN3CCCCCC3)c(C)c12. The summed E-state index contributed by atoms with van der Waals surface area (Å²) in [7, 11) is 0. The molecule has 148 valence electrons. The van der Waals surface area contributed by atoms with Gasteiger partial charge in [0.1, 0.15) is 4.83 Å².